The summed E-state index contributed by atoms with van der Waals surface area (Å²) in [6.07, 6.45) is 4.22. The summed E-state index contributed by atoms with van der Waals surface area (Å²) in [6.45, 7) is 1.35. The van der Waals surface area contributed by atoms with Crippen molar-refractivity contribution < 1.29 is 9.18 Å². The summed E-state index contributed by atoms with van der Waals surface area (Å²) in [6, 6.07) is 14.2. The molecule has 1 aliphatic rings. The summed E-state index contributed by atoms with van der Waals surface area (Å²) in [5.41, 5.74) is 3.35. The molecule has 0 spiro atoms. The number of fused-ring (bicyclic) bond motifs is 1. The fraction of sp³-hybridized carbons (Fsp3) is 0.167. The maximum atomic E-state index is 12.8. The van der Waals surface area contributed by atoms with E-state index in [1.54, 1.807) is 29.3 Å². The molecular formula is C18H17FN2O. The lowest BCUT2D eigenvalue weighted by atomic mass is 10.0. The average Bonchev–Trinajstić information content (AvgIpc) is 2.56. The van der Waals surface area contributed by atoms with E-state index in [1.165, 1.54) is 23.3 Å². The number of carbonyl (C=O) groups excluding carboxylic acids is 1. The standard InChI is InChI=1S/C18H17FN2O/c19-17-7-5-14(6-8-17)9-11-20-18(22)21-12-10-15-3-1-2-4-16(15)13-21/h1-9,11H,10,12-13H2,(H,20,22)/b11-9+. The van der Waals surface area contributed by atoms with Crippen LogP contribution in [0, 0.1) is 5.82 Å². The first-order valence-electron chi connectivity index (χ1n) is 7.27. The Morgan fingerprint density at radius 2 is 1.82 bits per heavy atom. The second-order valence-electron chi connectivity index (χ2n) is 5.27. The molecule has 0 bridgehead atoms. The van der Waals surface area contributed by atoms with Crippen molar-refractivity contribution >= 4 is 12.1 Å². The molecule has 1 heterocycles. The Kier molecular flexibility index (Phi) is 4.19. The van der Waals surface area contributed by atoms with Gasteiger partial charge in [0.15, 0.2) is 0 Å². The van der Waals surface area contributed by atoms with Crippen LogP contribution in [0.4, 0.5) is 9.18 Å². The van der Waals surface area contributed by atoms with Crippen LogP contribution in [-0.4, -0.2) is 17.5 Å². The molecule has 0 fully saturated rings. The van der Waals surface area contributed by atoms with E-state index in [0.717, 1.165) is 12.0 Å². The highest BCUT2D eigenvalue weighted by atomic mass is 19.1. The molecule has 0 saturated heterocycles. The first-order valence-corrected chi connectivity index (χ1v) is 7.27. The predicted molar refractivity (Wildman–Crippen MR) is 84.5 cm³/mol. The second-order valence-corrected chi connectivity index (χ2v) is 5.27. The Bertz CT molecular complexity index is 694. The van der Waals surface area contributed by atoms with Crippen LogP contribution in [0.3, 0.4) is 0 Å². The van der Waals surface area contributed by atoms with Gasteiger partial charge in [-0.2, -0.15) is 0 Å². The van der Waals surface area contributed by atoms with Crippen molar-refractivity contribution in [3.63, 3.8) is 0 Å². The van der Waals surface area contributed by atoms with Crippen LogP contribution in [0.1, 0.15) is 16.7 Å². The number of carbonyl (C=O) groups is 1. The number of nitrogens with one attached hydrogen (secondary N) is 1. The van der Waals surface area contributed by atoms with Crippen LogP contribution in [0.5, 0.6) is 0 Å². The van der Waals surface area contributed by atoms with Crippen molar-refractivity contribution in [2.45, 2.75) is 13.0 Å². The maximum Gasteiger partial charge on any atom is 0.321 e. The van der Waals surface area contributed by atoms with Gasteiger partial charge in [0.05, 0.1) is 0 Å². The molecule has 0 radical (unpaired) electrons. The van der Waals surface area contributed by atoms with Crippen LogP contribution in [0.15, 0.2) is 54.7 Å². The summed E-state index contributed by atoms with van der Waals surface area (Å²) in [5.74, 6) is -0.270. The summed E-state index contributed by atoms with van der Waals surface area (Å²) < 4.78 is 12.8. The van der Waals surface area contributed by atoms with E-state index < -0.39 is 0 Å². The SMILES string of the molecule is O=C(N/C=C/c1ccc(F)cc1)N1CCc2ccccc2C1. The Hall–Kier alpha value is -2.62. The lowest BCUT2D eigenvalue weighted by molar-refractivity contribution is 0.196. The van der Waals surface area contributed by atoms with Crippen molar-refractivity contribution in [1.29, 1.82) is 0 Å². The zero-order chi connectivity index (χ0) is 15.4. The molecule has 3 nitrogen and oxygen atoms in total. The number of urea groups is 1. The Morgan fingerprint density at radius 3 is 2.59 bits per heavy atom. The second kappa shape index (κ2) is 6.43. The molecule has 1 aliphatic heterocycles. The van der Waals surface area contributed by atoms with E-state index >= 15 is 0 Å². The molecule has 3 rings (SSSR count). The predicted octanol–water partition coefficient (Wildman–Crippen LogP) is 3.56. The van der Waals surface area contributed by atoms with Gasteiger partial charge in [0.25, 0.3) is 0 Å². The van der Waals surface area contributed by atoms with E-state index in [4.69, 9.17) is 0 Å². The Labute approximate surface area is 129 Å². The molecule has 0 atom stereocenters. The first kappa shape index (κ1) is 14.3. The topological polar surface area (TPSA) is 32.3 Å². The van der Waals surface area contributed by atoms with E-state index in [-0.39, 0.29) is 11.8 Å². The van der Waals surface area contributed by atoms with Crippen molar-refractivity contribution in [2.24, 2.45) is 0 Å². The number of nitrogens with zero attached hydrogens (tertiary/aromatic N) is 1. The molecule has 2 aromatic carbocycles. The summed E-state index contributed by atoms with van der Waals surface area (Å²) in [7, 11) is 0. The fourth-order valence-electron chi connectivity index (χ4n) is 2.54. The molecule has 112 valence electrons. The number of halogens is 1. The van der Waals surface area contributed by atoms with Gasteiger partial charge < -0.3 is 10.2 Å². The number of benzene rings is 2. The van der Waals surface area contributed by atoms with Gasteiger partial charge in [0.2, 0.25) is 0 Å². The monoisotopic (exact) mass is 296 g/mol. The van der Waals surface area contributed by atoms with Gasteiger partial charge in [-0.3, -0.25) is 0 Å². The van der Waals surface area contributed by atoms with E-state index in [1.807, 2.05) is 12.1 Å². The third-order valence-electron chi connectivity index (χ3n) is 3.77. The molecule has 0 saturated carbocycles. The normalized spacial score (nSPS) is 14.0. The molecule has 1 N–H and O–H groups in total. The van der Waals surface area contributed by atoms with E-state index in [9.17, 15) is 9.18 Å². The summed E-state index contributed by atoms with van der Waals surface area (Å²) in [4.78, 5) is 13.9. The fourth-order valence-corrected chi connectivity index (χ4v) is 2.54. The Balaban J connectivity index is 1.58. The van der Waals surface area contributed by atoms with Gasteiger partial charge in [-0.25, -0.2) is 9.18 Å². The molecule has 22 heavy (non-hydrogen) atoms. The largest absolute Gasteiger partial charge is 0.321 e. The van der Waals surface area contributed by atoms with Crippen LogP contribution in [-0.2, 0) is 13.0 Å². The molecule has 4 heteroatoms. The van der Waals surface area contributed by atoms with E-state index in [2.05, 4.69) is 17.4 Å². The number of amides is 2. The minimum Gasteiger partial charge on any atom is -0.320 e. The highest BCUT2D eigenvalue weighted by Gasteiger charge is 2.19. The molecule has 0 unspecified atom stereocenters. The van der Waals surface area contributed by atoms with Crippen LogP contribution >= 0.6 is 0 Å². The number of hydrogen-bond donors (Lipinski definition) is 1. The third-order valence-corrected chi connectivity index (χ3v) is 3.77. The first-order chi connectivity index (χ1) is 10.7. The van der Waals surface area contributed by atoms with Crippen LogP contribution < -0.4 is 5.32 Å². The van der Waals surface area contributed by atoms with Crippen LogP contribution in [0.2, 0.25) is 0 Å². The number of rotatable bonds is 2. The van der Waals surface area contributed by atoms with Gasteiger partial charge in [-0.05, 0) is 41.3 Å². The minimum absolute atomic E-state index is 0.118. The van der Waals surface area contributed by atoms with Crippen molar-refractivity contribution in [3.8, 4) is 0 Å². The van der Waals surface area contributed by atoms with Gasteiger partial charge >= 0.3 is 6.03 Å². The zero-order valence-corrected chi connectivity index (χ0v) is 12.1. The van der Waals surface area contributed by atoms with Gasteiger partial charge in [-0.1, -0.05) is 36.4 Å². The highest BCUT2D eigenvalue weighted by Crippen LogP contribution is 2.18. The van der Waals surface area contributed by atoms with E-state index in [0.29, 0.717) is 13.1 Å². The van der Waals surface area contributed by atoms with Crippen molar-refractivity contribution in [2.75, 3.05) is 6.54 Å². The smallest absolute Gasteiger partial charge is 0.320 e. The molecule has 2 aromatic rings. The highest BCUT2D eigenvalue weighted by molar-refractivity contribution is 5.76. The summed E-state index contributed by atoms with van der Waals surface area (Å²) in [5, 5.41) is 2.76. The molecular weight excluding hydrogens is 279 g/mol. The number of hydrogen-bond acceptors (Lipinski definition) is 1. The van der Waals surface area contributed by atoms with Crippen LogP contribution in [0.25, 0.3) is 6.08 Å². The zero-order valence-electron chi connectivity index (χ0n) is 12.1. The average molecular weight is 296 g/mol. The van der Waals surface area contributed by atoms with Gasteiger partial charge in [-0.15, -0.1) is 0 Å². The van der Waals surface area contributed by atoms with Gasteiger partial charge in [0, 0.05) is 19.3 Å². The maximum absolute atomic E-state index is 12.8. The molecule has 0 aliphatic carbocycles. The molecule has 0 aromatic heterocycles. The Morgan fingerprint density at radius 1 is 1.09 bits per heavy atom. The van der Waals surface area contributed by atoms with Crippen molar-refractivity contribution in [1.82, 2.24) is 10.2 Å². The lowest BCUT2D eigenvalue weighted by Gasteiger charge is -2.28. The van der Waals surface area contributed by atoms with Gasteiger partial charge in [0.1, 0.15) is 5.82 Å². The lowest BCUT2D eigenvalue weighted by Crippen LogP contribution is -2.40. The third kappa shape index (κ3) is 3.34. The minimum atomic E-state index is -0.270. The molecule has 2 amide bonds. The summed E-state index contributed by atoms with van der Waals surface area (Å²) >= 11 is 0. The quantitative estimate of drug-likeness (QED) is 0.903. The van der Waals surface area contributed by atoms with Crippen molar-refractivity contribution in [3.05, 3.63) is 77.2 Å².